The number of carbonyl (C=O) groups excluding carboxylic acids is 1. The van der Waals surface area contributed by atoms with E-state index < -0.39 is 10.0 Å². The summed E-state index contributed by atoms with van der Waals surface area (Å²) in [6, 6.07) is 7.42. The Kier molecular flexibility index (Phi) is 6.66. The minimum absolute atomic E-state index is 0.0276. The van der Waals surface area contributed by atoms with E-state index in [-0.39, 0.29) is 24.9 Å². The summed E-state index contributed by atoms with van der Waals surface area (Å²) in [5, 5.41) is 2.79. The third-order valence-corrected chi connectivity index (χ3v) is 5.07. The van der Waals surface area contributed by atoms with Gasteiger partial charge in [0.05, 0.1) is 30.8 Å². The number of anilines is 2. The molecule has 25 heavy (non-hydrogen) atoms. The normalized spacial score (nSPS) is 15.3. The second-order valence-electron chi connectivity index (χ2n) is 6.40. The molecule has 1 aliphatic heterocycles. The van der Waals surface area contributed by atoms with Gasteiger partial charge in [-0.1, -0.05) is 12.1 Å². The molecule has 1 amide bonds. The smallest absolute Gasteiger partial charge is 0.232 e. The molecule has 1 aromatic carbocycles. The van der Waals surface area contributed by atoms with Gasteiger partial charge in [0.25, 0.3) is 0 Å². The van der Waals surface area contributed by atoms with E-state index in [1.165, 1.54) is 10.6 Å². The number of nitrogens with zero attached hydrogens (tertiary/aromatic N) is 2. The number of amides is 1. The molecule has 1 aliphatic rings. The highest BCUT2D eigenvalue weighted by molar-refractivity contribution is 7.92. The van der Waals surface area contributed by atoms with E-state index in [4.69, 9.17) is 4.74 Å². The van der Waals surface area contributed by atoms with Crippen LogP contribution in [0.3, 0.4) is 0 Å². The van der Waals surface area contributed by atoms with Crippen LogP contribution in [0.2, 0.25) is 0 Å². The van der Waals surface area contributed by atoms with Crippen LogP contribution in [0.4, 0.5) is 11.4 Å². The molecule has 140 valence electrons. The van der Waals surface area contributed by atoms with E-state index in [1.807, 2.05) is 32.0 Å². The number of nitrogens with one attached hydrogen (secondary N) is 1. The largest absolute Gasteiger partial charge is 0.378 e. The number of morpholine rings is 1. The van der Waals surface area contributed by atoms with Crippen molar-refractivity contribution in [1.82, 2.24) is 5.32 Å². The third kappa shape index (κ3) is 5.61. The predicted octanol–water partition coefficient (Wildman–Crippen LogP) is 1.20. The minimum atomic E-state index is -3.51. The summed E-state index contributed by atoms with van der Waals surface area (Å²) in [5.41, 5.74) is 1.45. The topological polar surface area (TPSA) is 79.0 Å². The van der Waals surface area contributed by atoms with Crippen LogP contribution < -0.4 is 14.5 Å². The molecule has 0 aliphatic carbocycles. The fourth-order valence-corrected chi connectivity index (χ4v) is 3.74. The van der Waals surface area contributed by atoms with Gasteiger partial charge in [-0.3, -0.25) is 9.10 Å². The summed E-state index contributed by atoms with van der Waals surface area (Å²) in [6.07, 6.45) is 1.28. The van der Waals surface area contributed by atoms with Crippen molar-refractivity contribution < 1.29 is 17.9 Å². The summed E-state index contributed by atoms with van der Waals surface area (Å²) in [4.78, 5) is 14.1. The summed E-state index contributed by atoms with van der Waals surface area (Å²) in [6.45, 7) is 6.51. The number of hydrogen-bond donors (Lipinski definition) is 1. The highest BCUT2D eigenvalue weighted by Gasteiger charge is 2.24. The maximum Gasteiger partial charge on any atom is 0.232 e. The molecule has 0 radical (unpaired) electrons. The lowest BCUT2D eigenvalue weighted by molar-refractivity contribution is -0.121. The molecule has 0 bridgehead atoms. The van der Waals surface area contributed by atoms with Gasteiger partial charge >= 0.3 is 0 Å². The van der Waals surface area contributed by atoms with Gasteiger partial charge in [0.2, 0.25) is 15.9 Å². The number of sulfonamides is 1. The van der Waals surface area contributed by atoms with E-state index in [1.54, 1.807) is 6.07 Å². The number of hydrogen-bond acceptors (Lipinski definition) is 5. The van der Waals surface area contributed by atoms with Gasteiger partial charge in [0, 0.05) is 32.1 Å². The first-order chi connectivity index (χ1) is 11.8. The molecule has 0 spiro atoms. The van der Waals surface area contributed by atoms with Crippen molar-refractivity contribution in [2.24, 2.45) is 0 Å². The zero-order chi connectivity index (χ0) is 18.4. The lowest BCUT2D eigenvalue weighted by Crippen LogP contribution is -2.40. The Labute approximate surface area is 150 Å². The molecule has 1 aromatic rings. The number of benzene rings is 1. The lowest BCUT2D eigenvalue weighted by atomic mass is 10.2. The quantitative estimate of drug-likeness (QED) is 0.781. The van der Waals surface area contributed by atoms with Crippen molar-refractivity contribution in [1.29, 1.82) is 0 Å². The summed E-state index contributed by atoms with van der Waals surface area (Å²) in [7, 11) is -3.51. The first kappa shape index (κ1) is 19.5. The first-order valence-corrected chi connectivity index (χ1v) is 10.3. The third-order valence-electron chi connectivity index (χ3n) is 3.89. The highest BCUT2D eigenvalue weighted by atomic mass is 32.2. The van der Waals surface area contributed by atoms with Gasteiger partial charge in [-0.25, -0.2) is 8.42 Å². The van der Waals surface area contributed by atoms with Crippen LogP contribution in [0.5, 0.6) is 0 Å². The Morgan fingerprint density at radius 2 is 1.92 bits per heavy atom. The van der Waals surface area contributed by atoms with Crippen molar-refractivity contribution >= 4 is 27.3 Å². The van der Waals surface area contributed by atoms with Gasteiger partial charge < -0.3 is 15.0 Å². The molecule has 0 aromatic heterocycles. The molecule has 7 nitrogen and oxygen atoms in total. The molecular formula is C17H27N3O4S. The molecule has 0 saturated carbocycles. The van der Waals surface area contributed by atoms with Crippen molar-refractivity contribution in [3.8, 4) is 0 Å². The zero-order valence-electron chi connectivity index (χ0n) is 15.1. The fourth-order valence-electron chi connectivity index (χ4n) is 2.81. The average Bonchev–Trinajstić information content (AvgIpc) is 2.54. The van der Waals surface area contributed by atoms with Gasteiger partial charge in [-0.05, 0) is 26.0 Å². The lowest BCUT2D eigenvalue weighted by Gasteiger charge is -2.33. The van der Waals surface area contributed by atoms with Crippen LogP contribution >= 0.6 is 0 Å². The standard InChI is InChI=1S/C17H27N3O4S/c1-14(2)18-17(21)8-9-20(25(3,22)23)16-7-5-4-6-15(16)19-10-12-24-13-11-19/h4-7,14H,8-13H2,1-3H3,(H,18,21). The zero-order valence-corrected chi connectivity index (χ0v) is 15.9. The maximum atomic E-state index is 12.4. The summed E-state index contributed by atoms with van der Waals surface area (Å²) in [5.74, 6) is -0.160. The van der Waals surface area contributed by atoms with Crippen LogP contribution in [0.1, 0.15) is 20.3 Å². The van der Waals surface area contributed by atoms with E-state index >= 15 is 0 Å². The van der Waals surface area contributed by atoms with Gasteiger partial charge in [0.15, 0.2) is 0 Å². The Hall–Kier alpha value is -1.80. The van der Waals surface area contributed by atoms with Crippen LogP contribution in [-0.2, 0) is 19.6 Å². The van der Waals surface area contributed by atoms with Gasteiger partial charge in [-0.2, -0.15) is 0 Å². The number of para-hydroxylation sites is 2. The molecule has 1 heterocycles. The monoisotopic (exact) mass is 369 g/mol. The Morgan fingerprint density at radius 1 is 1.28 bits per heavy atom. The molecule has 0 unspecified atom stereocenters. The Bertz CT molecular complexity index is 685. The molecule has 1 fully saturated rings. The maximum absolute atomic E-state index is 12.4. The van der Waals surface area contributed by atoms with Crippen molar-refractivity contribution in [2.45, 2.75) is 26.3 Å². The minimum Gasteiger partial charge on any atom is -0.378 e. The molecule has 8 heteroatoms. The molecule has 1 N–H and O–H groups in total. The fraction of sp³-hybridized carbons (Fsp3) is 0.588. The Morgan fingerprint density at radius 3 is 2.52 bits per heavy atom. The second kappa shape index (κ2) is 8.53. The van der Waals surface area contributed by atoms with E-state index in [2.05, 4.69) is 10.2 Å². The molecular weight excluding hydrogens is 342 g/mol. The van der Waals surface area contributed by atoms with Crippen molar-refractivity contribution in [2.75, 3.05) is 48.3 Å². The van der Waals surface area contributed by atoms with Crippen LogP contribution in [0.25, 0.3) is 0 Å². The number of ether oxygens (including phenoxy) is 1. The SMILES string of the molecule is CC(C)NC(=O)CCN(c1ccccc1N1CCOCC1)S(C)(=O)=O. The molecule has 0 atom stereocenters. The van der Waals surface area contributed by atoms with Crippen molar-refractivity contribution in [3.63, 3.8) is 0 Å². The van der Waals surface area contributed by atoms with Gasteiger partial charge in [-0.15, -0.1) is 0 Å². The van der Waals surface area contributed by atoms with E-state index in [0.29, 0.717) is 32.0 Å². The predicted molar refractivity (Wildman–Crippen MR) is 99.6 cm³/mol. The molecule has 1 saturated heterocycles. The van der Waals surface area contributed by atoms with Crippen LogP contribution in [0, 0.1) is 0 Å². The summed E-state index contributed by atoms with van der Waals surface area (Å²) >= 11 is 0. The van der Waals surface area contributed by atoms with Crippen LogP contribution in [0.15, 0.2) is 24.3 Å². The number of rotatable bonds is 7. The van der Waals surface area contributed by atoms with Gasteiger partial charge in [0.1, 0.15) is 0 Å². The average molecular weight is 369 g/mol. The molecule has 2 rings (SSSR count). The van der Waals surface area contributed by atoms with E-state index in [9.17, 15) is 13.2 Å². The van der Waals surface area contributed by atoms with Crippen LogP contribution in [-0.4, -0.2) is 59.5 Å². The number of carbonyl (C=O) groups is 1. The van der Waals surface area contributed by atoms with Crippen molar-refractivity contribution in [3.05, 3.63) is 24.3 Å². The Balaban J connectivity index is 2.25. The highest BCUT2D eigenvalue weighted by Crippen LogP contribution is 2.31. The van der Waals surface area contributed by atoms with E-state index in [0.717, 1.165) is 5.69 Å². The second-order valence-corrected chi connectivity index (χ2v) is 8.30. The summed E-state index contributed by atoms with van der Waals surface area (Å²) < 4.78 is 31.4. The first-order valence-electron chi connectivity index (χ1n) is 8.48.